The molecule has 2 heterocycles. The summed E-state index contributed by atoms with van der Waals surface area (Å²) in [6, 6.07) is 0. The Morgan fingerprint density at radius 2 is 2.33 bits per heavy atom. The van der Waals surface area contributed by atoms with Gasteiger partial charge in [-0.15, -0.1) is 11.3 Å². The predicted molar refractivity (Wildman–Crippen MR) is 60.7 cm³/mol. The number of hydrogen-bond donors (Lipinski definition) is 1. The third kappa shape index (κ3) is 2.99. The van der Waals surface area contributed by atoms with Gasteiger partial charge in [0, 0.05) is 24.2 Å². The SMILES string of the molecule is Cc1csc(CS(=O)(=O)CC2CNC2)n1. The molecule has 1 aromatic heterocycles. The van der Waals surface area contributed by atoms with Crippen LogP contribution >= 0.6 is 11.3 Å². The minimum absolute atomic E-state index is 0.0992. The van der Waals surface area contributed by atoms with Crippen LogP contribution in [0.5, 0.6) is 0 Å². The van der Waals surface area contributed by atoms with Crippen LogP contribution in [-0.4, -0.2) is 32.2 Å². The van der Waals surface area contributed by atoms with E-state index < -0.39 is 9.84 Å². The highest BCUT2D eigenvalue weighted by atomic mass is 32.2. The Kier molecular flexibility index (Phi) is 3.08. The zero-order chi connectivity index (χ0) is 10.9. The molecule has 84 valence electrons. The van der Waals surface area contributed by atoms with Gasteiger partial charge in [-0.3, -0.25) is 0 Å². The Labute approximate surface area is 93.7 Å². The summed E-state index contributed by atoms with van der Waals surface area (Å²) in [6.07, 6.45) is 0. The summed E-state index contributed by atoms with van der Waals surface area (Å²) in [4.78, 5) is 4.17. The van der Waals surface area contributed by atoms with E-state index in [-0.39, 0.29) is 5.75 Å². The Morgan fingerprint density at radius 3 is 2.80 bits per heavy atom. The van der Waals surface area contributed by atoms with Crippen molar-refractivity contribution in [3.05, 3.63) is 16.1 Å². The van der Waals surface area contributed by atoms with Gasteiger partial charge in [0.15, 0.2) is 9.84 Å². The molecule has 6 heteroatoms. The van der Waals surface area contributed by atoms with E-state index in [0.29, 0.717) is 16.7 Å². The molecule has 0 aromatic carbocycles. The van der Waals surface area contributed by atoms with Crippen LogP contribution < -0.4 is 5.32 Å². The van der Waals surface area contributed by atoms with Gasteiger partial charge < -0.3 is 5.32 Å². The average Bonchev–Trinajstić information content (AvgIpc) is 2.43. The fourth-order valence-electron chi connectivity index (χ4n) is 1.54. The summed E-state index contributed by atoms with van der Waals surface area (Å²) < 4.78 is 23.5. The molecule has 4 nitrogen and oxygen atoms in total. The van der Waals surface area contributed by atoms with E-state index in [4.69, 9.17) is 0 Å². The number of hydrogen-bond acceptors (Lipinski definition) is 5. The summed E-state index contributed by atoms with van der Waals surface area (Å²) in [5.74, 6) is 0.691. The summed E-state index contributed by atoms with van der Waals surface area (Å²) in [7, 11) is -2.97. The van der Waals surface area contributed by atoms with Gasteiger partial charge in [-0.1, -0.05) is 0 Å². The lowest BCUT2D eigenvalue weighted by Crippen LogP contribution is -2.45. The number of thiazole rings is 1. The molecule has 0 bridgehead atoms. The topological polar surface area (TPSA) is 59.1 Å². The number of nitrogens with one attached hydrogen (secondary N) is 1. The van der Waals surface area contributed by atoms with Crippen LogP contribution in [0, 0.1) is 12.8 Å². The maximum Gasteiger partial charge on any atom is 0.157 e. The summed E-state index contributed by atoms with van der Waals surface area (Å²) in [5, 5.41) is 5.67. The highest BCUT2D eigenvalue weighted by Gasteiger charge is 2.25. The summed E-state index contributed by atoms with van der Waals surface area (Å²) in [5.41, 5.74) is 0.899. The zero-order valence-electron chi connectivity index (χ0n) is 8.56. The van der Waals surface area contributed by atoms with Crippen LogP contribution in [0.2, 0.25) is 0 Å². The van der Waals surface area contributed by atoms with Crippen molar-refractivity contribution in [1.29, 1.82) is 0 Å². The smallest absolute Gasteiger partial charge is 0.157 e. The standard InChI is InChI=1S/C9H14N2O2S2/c1-7-4-14-9(11-7)6-15(12,13)5-8-2-10-3-8/h4,8,10H,2-3,5-6H2,1H3. The van der Waals surface area contributed by atoms with Crippen LogP contribution in [0.4, 0.5) is 0 Å². The van der Waals surface area contributed by atoms with Crippen molar-refractivity contribution in [2.45, 2.75) is 12.7 Å². The van der Waals surface area contributed by atoms with E-state index >= 15 is 0 Å². The van der Waals surface area contributed by atoms with E-state index in [1.165, 1.54) is 11.3 Å². The van der Waals surface area contributed by atoms with Gasteiger partial charge in [-0.2, -0.15) is 0 Å². The van der Waals surface area contributed by atoms with E-state index in [1.807, 2.05) is 12.3 Å². The Balaban J connectivity index is 1.97. The highest BCUT2D eigenvalue weighted by Crippen LogP contribution is 2.15. The number of rotatable bonds is 4. The largest absolute Gasteiger partial charge is 0.316 e. The molecule has 2 rings (SSSR count). The third-order valence-electron chi connectivity index (χ3n) is 2.37. The lowest BCUT2D eigenvalue weighted by Gasteiger charge is -2.26. The Hall–Kier alpha value is -0.460. The van der Waals surface area contributed by atoms with Crippen LogP contribution in [0.1, 0.15) is 10.7 Å². The first-order chi connectivity index (χ1) is 7.05. The van der Waals surface area contributed by atoms with Crippen molar-refractivity contribution in [1.82, 2.24) is 10.3 Å². The van der Waals surface area contributed by atoms with Crippen LogP contribution in [0.15, 0.2) is 5.38 Å². The lowest BCUT2D eigenvalue weighted by molar-refractivity contribution is 0.378. The van der Waals surface area contributed by atoms with E-state index in [2.05, 4.69) is 10.3 Å². The van der Waals surface area contributed by atoms with Crippen molar-refractivity contribution < 1.29 is 8.42 Å². The fourth-order valence-corrected chi connectivity index (χ4v) is 4.42. The molecule has 0 spiro atoms. The molecule has 1 aromatic rings. The second-order valence-electron chi connectivity index (χ2n) is 3.96. The predicted octanol–water partition coefficient (Wildman–Crippen LogP) is 0.586. The van der Waals surface area contributed by atoms with E-state index in [0.717, 1.165) is 18.8 Å². The van der Waals surface area contributed by atoms with E-state index in [1.54, 1.807) is 0 Å². The van der Waals surface area contributed by atoms with Crippen molar-refractivity contribution in [3.8, 4) is 0 Å². The molecule has 0 radical (unpaired) electrons. The monoisotopic (exact) mass is 246 g/mol. The summed E-state index contributed by atoms with van der Waals surface area (Å²) >= 11 is 1.42. The van der Waals surface area contributed by atoms with Crippen molar-refractivity contribution in [2.75, 3.05) is 18.8 Å². The van der Waals surface area contributed by atoms with Crippen LogP contribution in [-0.2, 0) is 15.6 Å². The molecule has 1 aliphatic heterocycles. The second-order valence-corrected chi connectivity index (χ2v) is 7.01. The quantitative estimate of drug-likeness (QED) is 0.844. The average molecular weight is 246 g/mol. The zero-order valence-corrected chi connectivity index (χ0v) is 10.2. The van der Waals surface area contributed by atoms with Gasteiger partial charge in [0.2, 0.25) is 0 Å². The second kappa shape index (κ2) is 4.19. The molecule has 1 fully saturated rings. The van der Waals surface area contributed by atoms with Gasteiger partial charge >= 0.3 is 0 Å². The van der Waals surface area contributed by atoms with Gasteiger partial charge in [-0.25, -0.2) is 13.4 Å². The maximum atomic E-state index is 11.8. The molecule has 0 saturated carbocycles. The molecule has 15 heavy (non-hydrogen) atoms. The van der Waals surface area contributed by atoms with Crippen LogP contribution in [0.3, 0.4) is 0 Å². The minimum atomic E-state index is -2.97. The third-order valence-corrected chi connectivity index (χ3v) is 5.21. The molecule has 1 aliphatic rings. The molecule has 0 atom stereocenters. The Morgan fingerprint density at radius 1 is 1.60 bits per heavy atom. The molecule has 1 saturated heterocycles. The molecular formula is C9H14N2O2S2. The molecule has 1 N–H and O–H groups in total. The molecular weight excluding hydrogens is 232 g/mol. The normalized spacial score (nSPS) is 17.7. The van der Waals surface area contributed by atoms with E-state index in [9.17, 15) is 8.42 Å². The number of aryl methyl sites for hydroxylation is 1. The summed E-state index contributed by atoms with van der Waals surface area (Å²) in [6.45, 7) is 3.54. The Bertz CT molecular complexity index is 435. The molecule has 0 aliphatic carbocycles. The number of nitrogens with zero attached hydrogens (tertiary/aromatic N) is 1. The lowest BCUT2D eigenvalue weighted by atomic mass is 10.1. The van der Waals surface area contributed by atoms with Crippen molar-refractivity contribution in [2.24, 2.45) is 5.92 Å². The van der Waals surface area contributed by atoms with Gasteiger partial charge in [0.1, 0.15) is 10.8 Å². The first-order valence-electron chi connectivity index (χ1n) is 4.87. The highest BCUT2D eigenvalue weighted by molar-refractivity contribution is 7.90. The number of aromatic nitrogens is 1. The van der Waals surface area contributed by atoms with Crippen molar-refractivity contribution in [3.63, 3.8) is 0 Å². The van der Waals surface area contributed by atoms with Crippen molar-refractivity contribution >= 4 is 21.2 Å². The van der Waals surface area contributed by atoms with Gasteiger partial charge in [0.25, 0.3) is 0 Å². The molecule has 0 amide bonds. The van der Waals surface area contributed by atoms with Gasteiger partial charge in [-0.05, 0) is 12.8 Å². The first-order valence-corrected chi connectivity index (χ1v) is 7.57. The first kappa shape index (κ1) is 11.0. The maximum absolute atomic E-state index is 11.8. The van der Waals surface area contributed by atoms with Gasteiger partial charge in [0.05, 0.1) is 5.75 Å². The van der Waals surface area contributed by atoms with Crippen LogP contribution in [0.25, 0.3) is 0 Å². The molecule has 0 unspecified atom stereocenters. The minimum Gasteiger partial charge on any atom is -0.316 e. The fraction of sp³-hybridized carbons (Fsp3) is 0.667. The number of sulfone groups is 1.